The van der Waals surface area contributed by atoms with Crippen LogP contribution in [-0.4, -0.2) is 6.61 Å². The SMILES string of the molecule is CC(N=O)c1cccc2c1CCO2. The van der Waals surface area contributed by atoms with E-state index in [1.807, 2.05) is 18.2 Å². The predicted molar refractivity (Wildman–Crippen MR) is 49.9 cm³/mol. The average Bonchev–Trinajstić information content (AvgIpc) is 2.63. The largest absolute Gasteiger partial charge is 0.493 e. The van der Waals surface area contributed by atoms with Crippen molar-refractivity contribution in [1.29, 1.82) is 0 Å². The quantitative estimate of drug-likeness (QED) is 0.651. The molecule has 0 aromatic heterocycles. The summed E-state index contributed by atoms with van der Waals surface area (Å²) in [7, 11) is 0. The molecule has 0 N–H and O–H groups in total. The highest BCUT2D eigenvalue weighted by Gasteiger charge is 2.18. The second kappa shape index (κ2) is 3.17. The van der Waals surface area contributed by atoms with Crippen molar-refractivity contribution in [2.45, 2.75) is 19.4 Å². The molecule has 0 spiro atoms. The molecule has 3 nitrogen and oxygen atoms in total. The van der Waals surface area contributed by atoms with E-state index in [1.54, 1.807) is 6.92 Å². The van der Waals surface area contributed by atoms with Gasteiger partial charge < -0.3 is 4.74 Å². The van der Waals surface area contributed by atoms with Gasteiger partial charge in [-0.05, 0) is 18.6 Å². The lowest BCUT2D eigenvalue weighted by atomic mass is 10.0. The number of rotatable bonds is 2. The van der Waals surface area contributed by atoms with Crippen LogP contribution in [0.15, 0.2) is 23.4 Å². The first-order valence-electron chi connectivity index (χ1n) is 4.40. The van der Waals surface area contributed by atoms with Gasteiger partial charge in [0.05, 0.1) is 6.61 Å². The van der Waals surface area contributed by atoms with Crippen LogP contribution < -0.4 is 4.74 Å². The molecule has 0 amide bonds. The van der Waals surface area contributed by atoms with E-state index in [-0.39, 0.29) is 6.04 Å². The Morgan fingerprint density at radius 2 is 2.38 bits per heavy atom. The van der Waals surface area contributed by atoms with Gasteiger partial charge in [0, 0.05) is 12.0 Å². The molecule has 1 heterocycles. The van der Waals surface area contributed by atoms with Crippen molar-refractivity contribution in [2.24, 2.45) is 5.18 Å². The minimum absolute atomic E-state index is 0.267. The number of nitroso groups, excluding NO2 is 1. The van der Waals surface area contributed by atoms with Gasteiger partial charge in [-0.1, -0.05) is 17.3 Å². The Balaban J connectivity index is 2.46. The summed E-state index contributed by atoms with van der Waals surface area (Å²) in [4.78, 5) is 10.4. The third-order valence-corrected chi connectivity index (χ3v) is 2.39. The van der Waals surface area contributed by atoms with Gasteiger partial charge in [0.2, 0.25) is 0 Å². The Kier molecular flexibility index (Phi) is 2.00. The number of ether oxygens (including phenoxy) is 1. The van der Waals surface area contributed by atoms with Crippen LogP contribution in [0.4, 0.5) is 0 Å². The van der Waals surface area contributed by atoms with E-state index < -0.39 is 0 Å². The highest BCUT2D eigenvalue weighted by atomic mass is 16.5. The summed E-state index contributed by atoms with van der Waals surface area (Å²) >= 11 is 0. The zero-order chi connectivity index (χ0) is 9.26. The molecule has 0 bridgehead atoms. The van der Waals surface area contributed by atoms with Gasteiger partial charge in [-0.25, -0.2) is 0 Å². The molecule has 0 radical (unpaired) electrons. The van der Waals surface area contributed by atoms with Crippen LogP contribution in [0.5, 0.6) is 5.75 Å². The first-order valence-corrected chi connectivity index (χ1v) is 4.40. The normalized spacial score (nSPS) is 16.1. The van der Waals surface area contributed by atoms with Gasteiger partial charge in [0.25, 0.3) is 0 Å². The van der Waals surface area contributed by atoms with Crippen molar-refractivity contribution in [3.05, 3.63) is 34.2 Å². The molecule has 0 saturated carbocycles. The van der Waals surface area contributed by atoms with Gasteiger partial charge in [0.1, 0.15) is 11.8 Å². The molecule has 2 rings (SSSR count). The number of fused-ring (bicyclic) bond motifs is 1. The summed E-state index contributed by atoms with van der Waals surface area (Å²) in [5.74, 6) is 0.910. The summed E-state index contributed by atoms with van der Waals surface area (Å²) in [6.45, 7) is 2.53. The van der Waals surface area contributed by atoms with Crippen LogP contribution in [0.1, 0.15) is 24.1 Å². The van der Waals surface area contributed by atoms with Crippen LogP contribution in [0.2, 0.25) is 0 Å². The van der Waals surface area contributed by atoms with Gasteiger partial charge in [-0.3, -0.25) is 0 Å². The maximum atomic E-state index is 10.4. The van der Waals surface area contributed by atoms with E-state index in [9.17, 15) is 4.91 Å². The average molecular weight is 177 g/mol. The molecule has 13 heavy (non-hydrogen) atoms. The Morgan fingerprint density at radius 1 is 1.54 bits per heavy atom. The van der Waals surface area contributed by atoms with E-state index in [4.69, 9.17) is 4.74 Å². The zero-order valence-electron chi connectivity index (χ0n) is 7.49. The molecule has 1 aliphatic rings. The van der Waals surface area contributed by atoms with E-state index in [0.29, 0.717) is 0 Å². The van der Waals surface area contributed by atoms with E-state index in [2.05, 4.69) is 5.18 Å². The van der Waals surface area contributed by atoms with Crippen molar-refractivity contribution in [3.8, 4) is 5.75 Å². The Labute approximate surface area is 76.7 Å². The lowest BCUT2D eigenvalue weighted by molar-refractivity contribution is 0.357. The number of benzene rings is 1. The number of nitrogens with zero attached hydrogens (tertiary/aromatic N) is 1. The van der Waals surface area contributed by atoms with Crippen molar-refractivity contribution in [2.75, 3.05) is 6.61 Å². The maximum Gasteiger partial charge on any atom is 0.122 e. The predicted octanol–water partition coefficient (Wildman–Crippen LogP) is 2.45. The van der Waals surface area contributed by atoms with Gasteiger partial charge >= 0.3 is 0 Å². The van der Waals surface area contributed by atoms with Crippen LogP contribution in [0.25, 0.3) is 0 Å². The van der Waals surface area contributed by atoms with Gasteiger partial charge in [-0.2, -0.15) is 4.91 Å². The molecule has 1 atom stereocenters. The van der Waals surface area contributed by atoms with Crippen LogP contribution >= 0.6 is 0 Å². The summed E-state index contributed by atoms with van der Waals surface area (Å²) in [6.07, 6.45) is 0.894. The van der Waals surface area contributed by atoms with Crippen molar-refractivity contribution >= 4 is 0 Å². The van der Waals surface area contributed by atoms with E-state index in [0.717, 1.165) is 29.9 Å². The van der Waals surface area contributed by atoms with Gasteiger partial charge in [-0.15, -0.1) is 0 Å². The summed E-state index contributed by atoms with van der Waals surface area (Å²) < 4.78 is 5.39. The molecule has 3 heteroatoms. The Bertz CT molecular complexity index is 336. The molecule has 1 aromatic carbocycles. The molecular weight excluding hydrogens is 166 g/mol. The number of hydrogen-bond acceptors (Lipinski definition) is 3. The molecule has 68 valence electrons. The second-order valence-corrected chi connectivity index (χ2v) is 3.20. The number of hydrogen-bond donors (Lipinski definition) is 0. The fourth-order valence-electron chi connectivity index (χ4n) is 1.70. The Hall–Kier alpha value is -1.38. The summed E-state index contributed by atoms with van der Waals surface area (Å²) in [6, 6.07) is 5.51. The van der Waals surface area contributed by atoms with Crippen molar-refractivity contribution < 1.29 is 4.74 Å². The summed E-state index contributed by atoms with van der Waals surface area (Å²) in [5, 5.41) is 3.03. The minimum Gasteiger partial charge on any atom is -0.493 e. The lowest BCUT2D eigenvalue weighted by Crippen LogP contribution is -1.94. The first-order chi connectivity index (χ1) is 6.33. The molecule has 1 aliphatic heterocycles. The smallest absolute Gasteiger partial charge is 0.122 e. The van der Waals surface area contributed by atoms with E-state index in [1.165, 1.54) is 0 Å². The zero-order valence-corrected chi connectivity index (χ0v) is 7.49. The monoisotopic (exact) mass is 177 g/mol. The third-order valence-electron chi connectivity index (χ3n) is 2.39. The van der Waals surface area contributed by atoms with E-state index >= 15 is 0 Å². The molecular formula is C10H11NO2. The molecule has 0 saturated heterocycles. The highest BCUT2D eigenvalue weighted by molar-refractivity contribution is 5.44. The highest BCUT2D eigenvalue weighted by Crippen LogP contribution is 2.32. The van der Waals surface area contributed by atoms with Crippen LogP contribution in [0.3, 0.4) is 0 Å². The van der Waals surface area contributed by atoms with Crippen LogP contribution in [0, 0.1) is 4.91 Å². The van der Waals surface area contributed by atoms with Crippen LogP contribution in [-0.2, 0) is 6.42 Å². The minimum atomic E-state index is -0.267. The molecule has 0 aliphatic carbocycles. The lowest BCUT2D eigenvalue weighted by Gasteiger charge is -2.07. The third kappa shape index (κ3) is 1.30. The molecule has 1 aromatic rings. The topological polar surface area (TPSA) is 38.7 Å². The summed E-state index contributed by atoms with van der Waals surface area (Å²) in [5.41, 5.74) is 2.15. The van der Waals surface area contributed by atoms with Crippen molar-refractivity contribution in [1.82, 2.24) is 0 Å². The Morgan fingerprint density at radius 3 is 3.15 bits per heavy atom. The fourth-order valence-corrected chi connectivity index (χ4v) is 1.70. The fraction of sp³-hybridized carbons (Fsp3) is 0.400. The maximum absolute atomic E-state index is 10.4. The second-order valence-electron chi connectivity index (χ2n) is 3.20. The molecule has 0 fully saturated rings. The van der Waals surface area contributed by atoms with Gasteiger partial charge in [0.15, 0.2) is 0 Å². The molecule has 1 unspecified atom stereocenters. The van der Waals surface area contributed by atoms with Crippen molar-refractivity contribution in [3.63, 3.8) is 0 Å². The standard InChI is InChI=1S/C10H11NO2/c1-7(11-12)8-3-2-4-10-9(8)5-6-13-10/h2-4,7H,5-6H2,1H3. The first kappa shape index (κ1) is 8.23.